The molecule has 0 aliphatic heterocycles. The van der Waals surface area contributed by atoms with E-state index in [-0.39, 0.29) is 0 Å². The van der Waals surface area contributed by atoms with Crippen molar-refractivity contribution in [3.63, 3.8) is 0 Å². The van der Waals surface area contributed by atoms with Crippen LogP contribution >= 0.6 is 0 Å². The van der Waals surface area contributed by atoms with Gasteiger partial charge in [-0.1, -0.05) is 12.1 Å². The first-order valence-electron chi connectivity index (χ1n) is 9.15. The van der Waals surface area contributed by atoms with Crippen LogP contribution in [0, 0.1) is 24.7 Å². The first-order chi connectivity index (χ1) is 12.6. The average molecular weight is 357 g/mol. The van der Waals surface area contributed by atoms with Gasteiger partial charge in [-0.25, -0.2) is 5.26 Å². The number of nitriles is 1. The number of nitrogens with one attached hydrogen (secondary N) is 3. The Bertz CT molecular complexity index is 620. The molecule has 3 rings (SSSR count). The molecule has 0 bridgehead atoms. The molecule has 0 heterocycles. The summed E-state index contributed by atoms with van der Waals surface area (Å²) in [6, 6.07) is 6.68. The third-order valence-corrected chi connectivity index (χ3v) is 4.75. The zero-order valence-corrected chi connectivity index (χ0v) is 16.4. The van der Waals surface area contributed by atoms with Crippen molar-refractivity contribution in [3.8, 4) is 6.57 Å². The van der Waals surface area contributed by atoms with Crippen molar-refractivity contribution in [1.29, 1.82) is 5.26 Å². The minimum Gasteiger partial charge on any atom is -0.393 e. The van der Waals surface area contributed by atoms with E-state index in [1.54, 1.807) is 0 Å². The van der Waals surface area contributed by atoms with Gasteiger partial charge in [-0.15, -0.1) is 0 Å². The lowest BCUT2D eigenvalue weighted by Gasteiger charge is -2.07. The predicted octanol–water partition coefficient (Wildman–Crippen LogP) is 3.09. The monoisotopic (exact) mass is 356 g/mol. The van der Waals surface area contributed by atoms with Crippen LogP contribution in [0.5, 0.6) is 0 Å². The Kier molecular flexibility index (Phi) is 9.46. The molecule has 26 heavy (non-hydrogen) atoms. The summed E-state index contributed by atoms with van der Waals surface area (Å²) in [4.78, 5) is 10.8. The predicted molar refractivity (Wildman–Crippen MR) is 107 cm³/mol. The molecule has 2 fully saturated rings. The van der Waals surface area contributed by atoms with E-state index < -0.39 is 0 Å². The zero-order valence-electron chi connectivity index (χ0n) is 16.4. The highest BCUT2D eigenvalue weighted by Gasteiger charge is 2.39. The van der Waals surface area contributed by atoms with Crippen LogP contribution < -0.4 is 16.0 Å². The highest BCUT2D eigenvalue weighted by molar-refractivity contribution is 5.75. The van der Waals surface area contributed by atoms with Crippen molar-refractivity contribution in [2.45, 2.75) is 45.1 Å². The second-order valence-electron chi connectivity index (χ2n) is 6.90. The normalized spacial score (nSPS) is 20.6. The highest BCUT2D eigenvalue weighted by Crippen LogP contribution is 2.43. The summed E-state index contributed by atoms with van der Waals surface area (Å²) in [6.07, 6.45) is 6.89. The topological polar surface area (TPSA) is 77.0 Å². The first-order valence-corrected chi connectivity index (χ1v) is 9.15. The molecule has 142 valence electrons. The minimum atomic E-state index is 0.633. The van der Waals surface area contributed by atoms with Crippen molar-refractivity contribution >= 4 is 6.29 Å². The van der Waals surface area contributed by atoms with E-state index >= 15 is 0 Å². The summed E-state index contributed by atoms with van der Waals surface area (Å²) < 4.78 is 0. The number of hydrogen-bond acceptors (Lipinski definition) is 5. The van der Waals surface area contributed by atoms with Crippen LogP contribution in [-0.2, 0) is 0 Å². The molecule has 0 aromatic heterocycles. The van der Waals surface area contributed by atoms with Gasteiger partial charge in [0.25, 0.3) is 0 Å². The van der Waals surface area contributed by atoms with Gasteiger partial charge in [-0.2, -0.15) is 0 Å². The van der Waals surface area contributed by atoms with Gasteiger partial charge in [-0.05, 0) is 62.8 Å². The standard InChI is InChI=1S/C15H19NO.C5H12N2.CHN/c1-10-2-3-12(9-17)6-13(10)14-7-15(14)16-8-11-4-5-11;1-5(7-3)4-6-2;1-2/h2-3,6,9,11,14-16H,4-5,7-8H2,1H3;4,6-7H,1-3H3;1H/b;5-4+;. The molecule has 2 aliphatic carbocycles. The summed E-state index contributed by atoms with van der Waals surface area (Å²) in [7, 11) is 3.77. The Labute approximate surface area is 157 Å². The maximum atomic E-state index is 10.8. The lowest BCUT2D eigenvalue weighted by molar-refractivity contribution is 0.112. The van der Waals surface area contributed by atoms with E-state index in [4.69, 9.17) is 5.26 Å². The molecule has 0 spiro atoms. The van der Waals surface area contributed by atoms with Crippen LogP contribution in [0.15, 0.2) is 30.1 Å². The molecule has 1 aromatic rings. The Hall–Kier alpha value is -2.32. The van der Waals surface area contributed by atoms with Gasteiger partial charge in [0.05, 0.1) is 0 Å². The Morgan fingerprint density at radius 1 is 1.31 bits per heavy atom. The molecule has 2 aliphatic rings. The fourth-order valence-electron chi connectivity index (χ4n) is 2.82. The molecule has 5 nitrogen and oxygen atoms in total. The molecule has 0 amide bonds. The number of hydrogen-bond donors (Lipinski definition) is 3. The number of aldehydes is 1. The van der Waals surface area contributed by atoms with E-state index in [0.29, 0.717) is 12.0 Å². The van der Waals surface area contributed by atoms with Gasteiger partial charge in [-0.3, -0.25) is 4.79 Å². The second-order valence-corrected chi connectivity index (χ2v) is 6.90. The number of benzene rings is 1. The Morgan fingerprint density at radius 3 is 2.50 bits per heavy atom. The fraction of sp³-hybridized carbons (Fsp3) is 0.524. The molecule has 2 unspecified atom stereocenters. The third-order valence-electron chi connectivity index (χ3n) is 4.75. The van der Waals surface area contributed by atoms with Gasteiger partial charge in [0, 0.05) is 50.1 Å². The minimum absolute atomic E-state index is 0.633. The summed E-state index contributed by atoms with van der Waals surface area (Å²) in [5.41, 5.74) is 4.63. The van der Waals surface area contributed by atoms with Crippen molar-refractivity contribution in [2.24, 2.45) is 5.92 Å². The number of nitrogens with zero attached hydrogens (tertiary/aromatic N) is 1. The quantitative estimate of drug-likeness (QED) is 0.655. The van der Waals surface area contributed by atoms with Crippen molar-refractivity contribution in [2.75, 3.05) is 20.6 Å². The maximum Gasteiger partial charge on any atom is 0.150 e. The number of aryl methyl sites for hydroxylation is 1. The smallest absolute Gasteiger partial charge is 0.150 e. The van der Waals surface area contributed by atoms with Gasteiger partial charge in [0.2, 0.25) is 0 Å². The third kappa shape index (κ3) is 7.28. The molecule has 1 aromatic carbocycles. The SMILES string of the molecule is C#N.CN/C=C(\C)NC.Cc1ccc(C=O)cc1C1CC1NCC1CC1. The molecule has 5 heteroatoms. The number of carbonyl (C=O) groups excluding carboxylic acids is 1. The number of carbonyl (C=O) groups is 1. The Balaban J connectivity index is 0.000000321. The van der Waals surface area contributed by atoms with Gasteiger partial charge < -0.3 is 16.0 Å². The van der Waals surface area contributed by atoms with Crippen LogP contribution in [-0.4, -0.2) is 33.0 Å². The molecule has 2 saturated carbocycles. The van der Waals surface area contributed by atoms with E-state index in [9.17, 15) is 4.79 Å². The largest absolute Gasteiger partial charge is 0.393 e. The molecule has 2 atom stereocenters. The molecular formula is C21H32N4O. The van der Waals surface area contributed by atoms with Crippen LogP contribution in [0.4, 0.5) is 0 Å². The van der Waals surface area contributed by atoms with Gasteiger partial charge in [0.1, 0.15) is 6.29 Å². The molecule has 0 radical (unpaired) electrons. The highest BCUT2D eigenvalue weighted by atomic mass is 16.1. The summed E-state index contributed by atoms with van der Waals surface area (Å²) in [6.45, 7) is 8.82. The average Bonchev–Trinajstić information content (AvgIpc) is 3.57. The van der Waals surface area contributed by atoms with Crippen LogP contribution in [0.2, 0.25) is 0 Å². The van der Waals surface area contributed by atoms with E-state index in [2.05, 4.69) is 41.6 Å². The molecular weight excluding hydrogens is 324 g/mol. The summed E-state index contributed by atoms with van der Waals surface area (Å²) >= 11 is 0. The fourth-order valence-corrected chi connectivity index (χ4v) is 2.82. The Morgan fingerprint density at radius 2 is 2.00 bits per heavy atom. The number of rotatable bonds is 7. The maximum absolute atomic E-state index is 10.8. The van der Waals surface area contributed by atoms with Crippen molar-refractivity contribution < 1.29 is 4.79 Å². The van der Waals surface area contributed by atoms with Gasteiger partial charge >= 0.3 is 0 Å². The lowest BCUT2D eigenvalue weighted by Crippen LogP contribution is -2.20. The number of allylic oxidation sites excluding steroid dienone is 1. The van der Waals surface area contributed by atoms with E-state index in [1.807, 2.05) is 33.3 Å². The van der Waals surface area contributed by atoms with Crippen molar-refractivity contribution in [3.05, 3.63) is 46.8 Å². The second kappa shape index (κ2) is 11.3. The molecule has 0 saturated heterocycles. The molecule has 3 N–H and O–H groups in total. The lowest BCUT2D eigenvalue weighted by atomic mass is 10.0. The van der Waals surface area contributed by atoms with E-state index in [1.165, 1.54) is 36.9 Å². The summed E-state index contributed by atoms with van der Waals surface area (Å²) in [5.74, 6) is 1.58. The van der Waals surface area contributed by atoms with Crippen molar-refractivity contribution in [1.82, 2.24) is 16.0 Å². The van der Waals surface area contributed by atoms with Crippen LogP contribution in [0.3, 0.4) is 0 Å². The van der Waals surface area contributed by atoms with Crippen LogP contribution in [0.1, 0.15) is 53.6 Å². The van der Waals surface area contributed by atoms with Crippen LogP contribution in [0.25, 0.3) is 0 Å². The van der Waals surface area contributed by atoms with Gasteiger partial charge in [0.15, 0.2) is 0 Å². The summed E-state index contributed by atoms with van der Waals surface area (Å²) in [5, 5.41) is 16.0. The first kappa shape index (κ1) is 21.7. The zero-order chi connectivity index (χ0) is 19.5. The van der Waals surface area contributed by atoms with E-state index in [0.717, 1.165) is 23.5 Å².